The second-order valence-corrected chi connectivity index (χ2v) is 7.27. The molecule has 4 nitrogen and oxygen atoms in total. The van der Waals surface area contributed by atoms with Gasteiger partial charge in [-0.2, -0.15) is 0 Å². The van der Waals surface area contributed by atoms with Crippen LogP contribution in [0.2, 0.25) is 0 Å². The summed E-state index contributed by atoms with van der Waals surface area (Å²) >= 11 is 0. The van der Waals surface area contributed by atoms with Crippen molar-refractivity contribution < 1.29 is 8.42 Å². The lowest BCUT2D eigenvalue weighted by Crippen LogP contribution is -2.36. The van der Waals surface area contributed by atoms with Crippen LogP contribution in [0.5, 0.6) is 0 Å². The Bertz CT molecular complexity index is 549. The van der Waals surface area contributed by atoms with Gasteiger partial charge in [0.05, 0.1) is 4.90 Å². The van der Waals surface area contributed by atoms with Gasteiger partial charge in [0.2, 0.25) is 10.0 Å². The Morgan fingerprint density at radius 1 is 1.20 bits per heavy atom. The van der Waals surface area contributed by atoms with Crippen molar-refractivity contribution >= 4 is 10.0 Å². The Balaban J connectivity index is 2.21. The smallest absolute Gasteiger partial charge is 0.241 e. The molecule has 0 atom stereocenters. The Hall–Kier alpha value is -0.910. The van der Waals surface area contributed by atoms with Gasteiger partial charge in [0.25, 0.3) is 0 Å². The van der Waals surface area contributed by atoms with E-state index in [1.807, 2.05) is 26.1 Å². The molecule has 1 fully saturated rings. The average molecular weight is 296 g/mol. The standard InChI is InChI=1S/C15H24N2O2S/c1-12-8-9-13(11-16-2)10-15(12)20(18,19)17-14-6-4-3-5-7-14/h8-10,14,16-17H,3-7,11H2,1-2H3. The van der Waals surface area contributed by atoms with Gasteiger partial charge in [0.1, 0.15) is 0 Å². The fourth-order valence-electron chi connectivity index (χ4n) is 2.75. The molecule has 1 aromatic rings. The van der Waals surface area contributed by atoms with Gasteiger partial charge in [-0.05, 0) is 44.0 Å². The lowest BCUT2D eigenvalue weighted by atomic mass is 9.96. The van der Waals surface area contributed by atoms with Crippen LogP contribution < -0.4 is 10.0 Å². The third-order valence-corrected chi connectivity index (χ3v) is 5.51. The molecule has 1 aliphatic rings. The van der Waals surface area contributed by atoms with E-state index in [1.165, 1.54) is 6.42 Å². The monoisotopic (exact) mass is 296 g/mol. The summed E-state index contributed by atoms with van der Waals surface area (Å²) in [4.78, 5) is 0.413. The molecule has 5 heteroatoms. The Morgan fingerprint density at radius 3 is 2.55 bits per heavy atom. The predicted octanol–water partition coefficient (Wildman–Crippen LogP) is 2.33. The molecule has 1 aliphatic carbocycles. The minimum Gasteiger partial charge on any atom is -0.316 e. The maximum atomic E-state index is 12.5. The molecule has 1 aromatic carbocycles. The molecular formula is C15H24N2O2S. The number of benzene rings is 1. The summed E-state index contributed by atoms with van der Waals surface area (Å²) in [6.07, 6.45) is 5.36. The normalized spacial score (nSPS) is 17.3. The average Bonchev–Trinajstić information content (AvgIpc) is 2.42. The van der Waals surface area contributed by atoms with Gasteiger partial charge in [-0.1, -0.05) is 31.4 Å². The highest BCUT2D eigenvalue weighted by Gasteiger charge is 2.23. The van der Waals surface area contributed by atoms with E-state index in [9.17, 15) is 8.42 Å². The summed E-state index contributed by atoms with van der Waals surface area (Å²) in [7, 11) is -1.55. The highest BCUT2D eigenvalue weighted by atomic mass is 32.2. The number of sulfonamides is 1. The number of nitrogens with one attached hydrogen (secondary N) is 2. The summed E-state index contributed by atoms with van der Waals surface area (Å²) in [6.45, 7) is 2.52. The first-order chi connectivity index (χ1) is 9.53. The Morgan fingerprint density at radius 2 is 1.90 bits per heavy atom. The summed E-state index contributed by atoms with van der Waals surface area (Å²) in [5.41, 5.74) is 1.79. The summed E-state index contributed by atoms with van der Waals surface area (Å²) in [5.74, 6) is 0. The van der Waals surface area contributed by atoms with Crippen LogP contribution in [0.3, 0.4) is 0 Å². The minimum absolute atomic E-state index is 0.0982. The molecule has 0 amide bonds. The van der Waals surface area contributed by atoms with Crippen molar-refractivity contribution in [3.8, 4) is 0 Å². The van der Waals surface area contributed by atoms with Crippen LogP contribution in [0.25, 0.3) is 0 Å². The van der Waals surface area contributed by atoms with Crippen molar-refractivity contribution in [2.75, 3.05) is 7.05 Å². The first-order valence-corrected chi connectivity index (χ1v) is 8.78. The fraction of sp³-hybridized carbons (Fsp3) is 0.600. The fourth-order valence-corrected chi connectivity index (χ4v) is 4.35. The number of rotatable bonds is 5. The molecule has 0 aromatic heterocycles. The maximum absolute atomic E-state index is 12.5. The molecule has 112 valence electrons. The first kappa shape index (κ1) is 15.5. The van der Waals surface area contributed by atoms with Crippen molar-refractivity contribution in [2.45, 2.75) is 56.5 Å². The minimum atomic E-state index is -3.41. The first-order valence-electron chi connectivity index (χ1n) is 7.29. The van der Waals surface area contributed by atoms with Crippen molar-refractivity contribution in [1.29, 1.82) is 0 Å². The number of hydrogen-bond acceptors (Lipinski definition) is 3. The summed E-state index contributed by atoms with van der Waals surface area (Å²) in [6, 6.07) is 5.71. The molecular weight excluding hydrogens is 272 g/mol. The molecule has 2 rings (SSSR count). The number of hydrogen-bond donors (Lipinski definition) is 2. The van der Waals surface area contributed by atoms with Crippen molar-refractivity contribution in [2.24, 2.45) is 0 Å². The SMILES string of the molecule is CNCc1ccc(C)c(S(=O)(=O)NC2CCCCC2)c1. The second kappa shape index (κ2) is 6.70. The molecule has 2 N–H and O–H groups in total. The van der Waals surface area contributed by atoms with Gasteiger partial charge in [-0.25, -0.2) is 13.1 Å². The largest absolute Gasteiger partial charge is 0.316 e. The van der Waals surface area contributed by atoms with Gasteiger partial charge < -0.3 is 5.32 Å². The maximum Gasteiger partial charge on any atom is 0.241 e. The van der Waals surface area contributed by atoms with Crippen LogP contribution >= 0.6 is 0 Å². The van der Waals surface area contributed by atoms with Gasteiger partial charge >= 0.3 is 0 Å². The summed E-state index contributed by atoms with van der Waals surface area (Å²) in [5, 5.41) is 3.05. The van der Waals surface area contributed by atoms with E-state index in [0.717, 1.165) is 36.8 Å². The topological polar surface area (TPSA) is 58.2 Å². The quantitative estimate of drug-likeness (QED) is 0.877. The molecule has 0 spiro atoms. The van der Waals surface area contributed by atoms with Crippen LogP contribution in [0.15, 0.2) is 23.1 Å². The van der Waals surface area contributed by atoms with Crippen LogP contribution in [0, 0.1) is 6.92 Å². The molecule has 20 heavy (non-hydrogen) atoms. The van der Waals surface area contributed by atoms with E-state index < -0.39 is 10.0 Å². The van der Waals surface area contributed by atoms with E-state index in [-0.39, 0.29) is 6.04 Å². The molecule has 0 heterocycles. The Kier molecular flexibility index (Phi) is 5.18. The van der Waals surface area contributed by atoms with Gasteiger partial charge in [-0.15, -0.1) is 0 Å². The zero-order valence-electron chi connectivity index (χ0n) is 12.3. The third kappa shape index (κ3) is 3.81. The molecule has 1 saturated carbocycles. The lowest BCUT2D eigenvalue weighted by molar-refractivity contribution is 0.412. The van der Waals surface area contributed by atoms with Crippen molar-refractivity contribution in [3.63, 3.8) is 0 Å². The zero-order valence-corrected chi connectivity index (χ0v) is 13.1. The molecule has 0 bridgehead atoms. The second-order valence-electron chi connectivity index (χ2n) is 5.59. The van der Waals surface area contributed by atoms with Crippen molar-refractivity contribution in [3.05, 3.63) is 29.3 Å². The van der Waals surface area contributed by atoms with E-state index in [2.05, 4.69) is 10.0 Å². The zero-order chi connectivity index (χ0) is 14.6. The molecule has 0 aliphatic heterocycles. The Labute approximate surface area is 122 Å². The highest BCUT2D eigenvalue weighted by molar-refractivity contribution is 7.89. The predicted molar refractivity (Wildman–Crippen MR) is 81.1 cm³/mol. The third-order valence-electron chi connectivity index (χ3n) is 3.85. The van der Waals surface area contributed by atoms with E-state index in [4.69, 9.17) is 0 Å². The molecule has 0 unspecified atom stereocenters. The highest BCUT2D eigenvalue weighted by Crippen LogP contribution is 2.22. The lowest BCUT2D eigenvalue weighted by Gasteiger charge is -2.23. The van der Waals surface area contributed by atoms with E-state index in [0.29, 0.717) is 11.4 Å². The van der Waals surface area contributed by atoms with Gasteiger partial charge in [-0.3, -0.25) is 0 Å². The van der Waals surface area contributed by atoms with E-state index >= 15 is 0 Å². The van der Waals surface area contributed by atoms with E-state index in [1.54, 1.807) is 6.07 Å². The molecule has 0 radical (unpaired) electrons. The summed E-state index contributed by atoms with van der Waals surface area (Å²) < 4.78 is 28.0. The van der Waals surface area contributed by atoms with Gasteiger partial charge in [0, 0.05) is 12.6 Å². The molecule has 0 saturated heterocycles. The number of aryl methyl sites for hydroxylation is 1. The van der Waals surface area contributed by atoms with Crippen LogP contribution in [0.4, 0.5) is 0 Å². The van der Waals surface area contributed by atoms with Gasteiger partial charge in [0.15, 0.2) is 0 Å². The van der Waals surface area contributed by atoms with Crippen LogP contribution in [0.1, 0.15) is 43.2 Å². The van der Waals surface area contributed by atoms with Crippen LogP contribution in [-0.4, -0.2) is 21.5 Å². The van der Waals surface area contributed by atoms with Crippen LogP contribution in [-0.2, 0) is 16.6 Å². The van der Waals surface area contributed by atoms with Crippen molar-refractivity contribution in [1.82, 2.24) is 10.0 Å².